The van der Waals surface area contributed by atoms with Gasteiger partial charge in [0, 0.05) is 5.56 Å². The number of aliphatic carboxylic acids is 1. The first-order chi connectivity index (χ1) is 9.29. The zero-order chi connectivity index (χ0) is 14.9. The van der Waals surface area contributed by atoms with E-state index < -0.39 is 36.5 Å². The number of carboxylic acids is 1. The number of carbonyl (C=O) groups is 2. The van der Waals surface area contributed by atoms with Crippen molar-refractivity contribution in [1.29, 1.82) is 0 Å². The smallest absolute Gasteiger partial charge is 0.416 e. The number of nitrogens with zero attached hydrogens (tertiary/aromatic N) is 1. The minimum absolute atomic E-state index is 0.179. The minimum Gasteiger partial charge on any atom is -0.480 e. The monoisotopic (exact) mass is 289 g/mol. The summed E-state index contributed by atoms with van der Waals surface area (Å²) >= 11 is 0. The number of hydrogen-bond acceptors (Lipinski definition) is 3. The lowest BCUT2D eigenvalue weighted by Gasteiger charge is -2.16. The Bertz CT molecular complexity index is 544. The molecule has 1 saturated heterocycles. The van der Waals surface area contributed by atoms with E-state index in [4.69, 9.17) is 9.84 Å². The number of halogens is 3. The summed E-state index contributed by atoms with van der Waals surface area (Å²) in [5.41, 5.74) is -1.07. The summed E-state index contributed by atoms with van der Waals surface area (Å²) in [5.74, 6) is -1.26. The zero-order valence-corrected chi connectivity index (χ0v) is 10.1. The minimum atomic E-state index is -4.57. The molecule has 0 spiro atoms. The van der Waals surface area contributed by atoms with Crippen molar-refractivity contribution in [2.45, 2.75) is 12.3 Å². The van der Waals surface area contributed by atoms with E-state index in [2.05, 4.69) is 0 Å². The van der Waals surface area contributed by atoms with Gasteiger partial charge in [0.2, 0.25) is 0 Å². The number of carboxylic acid groups (broad SMARTS) is 1. The molecule has 5 nitrogen and oxygen atoms in total. The molecule has 108 valence electrons. The summed E-state index contributed by atoms with van der Waals surface area (Å²) in [6.45, 7) is -0.832. The zero-order valence-electron chi connectivity index (χ0n) is 10.1. The summed E-state index contributed by atoms with van der Waals surface area (Å²) in [4.78, 5) is 22.8. The summed E-state index contributed by atoms with van der Waals surface area (Å²) in [5, 5.41) is 8.60. The molecule has 1 aromatic carbocycles. The highest BCUT2D eigenvalue weighted by Gasteiger charge is 2.40. The molecule has 0 saturated carbocycles. The van der Waals surface area contributed by atoms with Crippen LogP contribution < -0.4 is 0 Å². The molecule has 1 atom stereocenters. The van der Waals surface area contributed by atoms with E-state index >= 15 is 0 Å². The highest BCUT2D eigenvalue weighted by molar-refractivity contribution is 5.78. The van der Waals surface area contributed by atoms with E-state index in [0.29, 0.717) is 0 Å². The highest BCUT2D eigenvalue weighted by atomic mass is 19.4. The molecular formula is C12H10F3NO4. The second kappa shape index (κ2) is 5.03. The molecule has 1 heterocycles. The lowest BCUT2D eigenvalue weighted by Crippen LogP contribution is -2.30. The number of cyclic esters (lactones) is 1. The first-order valence-corrected chi connectivity index (χ1v) is 5.62. The van der Waals surface area contributed by atoms with Gasteiger partial charge < -0.3 is 9.84 Å². The summed E-state index contributed by atoms with van der Waals surface area (Å²) in [6, 6.07) is 4.74. The normalized spacial score (nSPS) is 19.1. The average molecular weight is 289 g/mol. The molecule has 0 bridgehead atoms. The predicted octanol–water partition coefficient (Wildman–Crippen LogP) is 2.28. The molecule has 1 aliphatic heterocycles. The third-order valence-electron chi connectivity index (χ3n) is 2.83. The van der Waals surface area contributed by atoms with Gasteiger partial charge in [-0.25, -0.2) is 4.79 Å². The van der Waals surface area contributed by atoms with Gasteiger partial charge in [0.05, 0.1) is 12.1 Å². The van der Waals surface area contributed by atoms with Crippen LogP contribution in [0.1, 0.15) is 17.2 Å². The summed E-state index contributed by atoms with van der Waals surface area (Å²) in [6.07, 6.45) is -6.63. The van der Waals surface area contributed by atoms with Crippen LogP contribution in [0, 0.1) is 0 Å². The molecule has 8 heteroatoms. The van der Waals surface area contributed by atoms with Crippen LogP contribution in [0.25, 0.3) is 0 Å². The molecule has 0 aliphatic carbocycles. The molecule has 1 aliphatic rings. The van der Waals surface area contributed by atoms with Gasteiger partial charge in [-0.15, -0.1) is 0 Å². The Morgan fingerprint density at radius 1 is 1.40 bits per heavy atom. The van der Waals surface area contributed by atoms with Crippen molar-refractivity contribution in [2.75, 3.05) is 13.1 Å². The fourth-order valence-electron chi connectivity index (χ4n) is 2.00. The average Bonchev–Trinajstić information content (AvgIpc) is 2.69. The number of hydrogen-bond donors (Lipinski definition) is 1. The topological polar surface area (TPSA) is 66.8 Å². The number of benzene rings is 1. The molecule has 2 rings (SSSR count). The van der Waals surface area contributed by atoms with Crippen molar-refractivity contribution in [2.24, 2.45) is 0 Å². The van der Waals surface area contributed by atoms with Crippen LogP contribution >= 0.6 is 0 Å². The predicted molar refractivity (Wildman–Crippen MR) is 59.9 cm³/mol. The van der Waals surface area contributed by atoms with E-state index in [1.807, 2.05) is 0 Å². The van der Waals surface area contributed by atoms with E-state index in [1.54, 1.807) is 0 Å². The van der Waals surface area contributed by atoms with Gasteiger partial charge in [-0.3, -0.25) is 9.69 Å². The standard InChI is InChI=1S/C12H10F3NO4/c13-12(14,15)8-4-2-1-3-7(8)9-5-16(6-10(17)18)11(19)20-9/h1-4,9H,5-6H2,(H,17,18). The Balaban J connectivity index is 2.26. The van der Waals surface area contributed by atoms with Gasteiger partial charge in [0.15, 0.2) is 0 Å². The number of ether oxygens (including phenoxy) is 1. The van der Waals surface area contributed by atoms with Crippen LogP contribution in [0.4, 0.5) is 18.0 Å². The van der Waals surface area contributed by atoms with E-state index in [9.17, 15) is 22.8 Å². The van der Waals surface area contributed by atoms with Crippen LogP contribution in [0.5, 0.6) is 0 Å². The first-order valence-electron chi connectivity index (χ1n) is 5.62. The molecule has 0 aromatic heterocycles. The quantitative estimate of drug-likeness (QED) is 0.927. The number of rotatable bonds is 3. The fourth-order valence-corrected chi connectivity index (χ4v) is 2.00. The molecule has 1 unspecified atom stereocenters. The molecule has 1 aromatic rings. The third-order valence-corrected chi connectivity index (χ3v) is 2.83. The van der Waals surface area contributed by atoms with Crippen molar-refractivity contribution in [1.82, 2.24) is 4.90 Å². The molecule has 1 fully saturated rings. The van der Waals surface area contributed by atoms with E-state index in [0.717, 1.165) is 11.0 Å². The van der Waals surface area contributed by atoms with Crippen molar-refractivity contribution >= 4 is 12.1 Å². The van der Waals surface area contributed by atoms with Gasteiger partial charge in [-0.2, -0.15) is 13.2 Å². The first kappa shape index (κ1) is 14.2. The maximum atomic E-state index is 12.9. The number of amides is 1. The van der Waals surface area contributed by atoms with E-state index in [-0.39, 0.29) is 12.1 Å². The Labute approximate surface area is 111 Å². The Morgan fingerprint density at radius 2 is 2.05 bits per heavy atom. The van der Waals surface area contributed by atoms with Crippen molar-refractivity contribution < 1.29 is 32.6 Å². The van der Waals surface area contributed by atoms with Gasteiger partial charge in [0.25, 0.3) is 0 Å². The maximum Gasteiger partial charge on any atom is 0.416 e. The van der Waals surface area contributed by atoms with Crippen LogP contribution in [-0.4, -0.2) is 35.2 Å². The Hall–Kier alpha value is -2.25. The van der Waals surface area contributed by atoms with Gasteiger partial charge in [-0.1, -0.05) is 18.2 Å². The van der Waals surface area contributed by atoms with Gasteiger partial charge in [0.1, 0.15) is 12.6 Å². The molecule has 0 radical (unpaired) electrons. The molecule has 1 N–H and O–H groups in total. The molecule has 20 heavy (non-hydrogen) atoms. The van der Waals surface area contributed by atoms with Crippen LogP contribution in [0.2, 0.25) is 0 Å². The lowest BCUT2D eigenvalue weighted by molar-refractivity contribution is -0.139. The number of alkyl halides is 3. The van der Waals surface area contributed by atoms with Crippen molar-refractivity contribution in [3.63, 3.8) is 0 Å². The van der Waals surface area contributed by atoms with Gasteiger partial charge in [-0.05, 0) is 6.07 Å². The van der Waals surface area contributed by atoms with Crippen molar-refractivity contribution in [3.8, 4) is 0 Å². The Morgan fingerprint density at radius 3 is 2.65 bits per heavy atom. The van der Waals surface area contributed by atoms with E-state index in [1.165, 1.54) is 18.2 Å². The lowest BCUT2D eigenvalue weighted by atomic mass is 10.0. The summed E-state index contributed by atoms with van der Waals surface area (Å²) in [7, 11) is 0. The number of carbonyl (C=O) groups excluding carboxylic acids is 1. The SMILES string of the molecule is O=C(O)CN1CC(c2ccccc2C(F)(F)F)OC1=O. The second-order valence-electron chi connectivity index (χ2n) is 4.23. The van der Waals surface area contributed by atoms with Crippen LogP contribution in [-0.2, 0) is 15.7 Å². The highest BCUT2D eigenvalue weighted by Crippen LogP contribution is 2.37. The largest absolute Gasteiger partial charge is 0.480 e. The fraction of sp³-hybridized carbons (Fsp3) is 0.333. The van der Waals surface area contributed by atoms with Crippen molar-refractivity contribution in [3.05, 3.63) is 35.4 Å². The molecule has 1 amide bonds. The third kappa shape index (κ3) is 2.84. The molecular weight excluding hydrogens is 279 g/mol. The van der Waals surface area contributed by atoms with Crippen LogP contribution in [0.15, 0.2) is 24.3 Å². The summed E-state index contributed by atoms with van der Waals surface area (Å²) < 4.78 is 43.4. The maximum absolute atomic E-state index is 12.9. The second-order valence-corrected chi connectivity index (χ2v) is 4.23. The van der Waals surface area contributed by atoms with Gasteiger partial charge >= 0.3 is 18.2 Å². The Kier molecular flexibility index (Phi) is 3.56. The van der Waals surface area contributed by atoms with Crippen LogP contribution in [0.3, 0.4) is 0 Å².